The summed E-state index contributed by atoms with van der Waals surface area (Å²) in [7, 11) is 0. The lowest BCUT2D eigenvalue weighted by Crippen LogP contribution is -2.17. The first-order chi connectivity index (χ1) is 8.28. The van der Waals surface area contributed by atoms with Crippen LogP contribution in [0.4, 0.5) is 13.2 Å². The van der Waals surface area contributed by atoms with Crippen LogP contribution in [-0.4, -0.2) is 11.3 Å². The average molecular weight is 341 g/mol. The van der Waals surface area contributed by atoms with Crippen molar-refractivity contribution >= 4 is 38.4 Å². The van der Waals surface area contributed by atoms with Gasteiger partial charge in [0, 0.05) is 16.1 Å². The van der Waals surface area contributed by atoms with Gasteiger partial charge in [-0.3, -0.25) is 4.98 Å². The molecule has 0 spiro atoms. The molecule has 2 aromatic rings. The van der Waals surface area contributed by atoms with E-state index in [1.165, 1.54) is 12.3 Å². The molecule has 0 atom stereocenters. The highest BCUT2D eigenvalue weighted by Crippen LogP contribution is 2.36. The Hall–Kier alpha value is -1.01. The van der Waals surface area contributed by atoms with Gasteiger partial charge in [0.2, 0.25) is 0 Å². The zero-order chi connectivity index (χ0) is 13.5. The number of halogens is 5. The maximum Gasteiger partial charge on any atom is 0.573 e. The Balaban J connectivity index is 2.71. The normalized spacial score (nSPS) is 11.9. The van der Waals surface area contributed by atoms with Crippen molar-refractivity contribution in [3.8, 4) is 5.75 Å². The molecule has 0 aliphatic rings. The number of aryl methyl sites for hydroxylation is 1. The summed E-state index contributed by atoms with van der Waals surface area (Å²) in [6.45, 7) is 1.72. The van der Waals surface area contributed by atoms with Gasteiger partial charge < -0.3 is 4.74 Å². The highest BCUT2D eigenvalue weighted by molar-refractivity contribution is 9.10. The number of benzene rings is 1. The van der Waals surface area contributed by atoms with Crippen molar-refractivity contribution in [1.29, 1.82) is 0 Å². The highest BCUT2D eigenvalue weighted by Gasteiger charge is 2.32. The SMILES string of the molecule is Cc1cnc2c(OC(F)(F)F)cc(Br)cc2c1Cl. The predicted molar refractivity (Wildman–Crippen MR) is 65.9 cm³/mol. The van der Waals surface area contributed by atoms with Crippen molar-refractivity contribution < 1.29 is 17.9 Å². The van der Waals surface area contributed by atoms with Gasteiger partial charge in [0.1, 0.15) is 5.52 Å². The van der Waals surface area contributed by atoms with E-state index in [1.807, 2.05) is 0 Å². The van der Waals surface area contributed by atoms with Gasteiger partial charge in [-0.05, 0) is 24.6 Å². The van der Waals surface area contributed by atoms with Crippen LogP contribution < -0.4 is 4.74 Å². The number of pyridine rings is 1. The van der Waals surface area contributed by atoms with Gasteiger partial charge in [0.15, 0.2) is 5.75 Å². The zero-order valence-corrected chi connectivity index (χ0v) is 11.3. The summed E-state index contributed by atoms with van der Waals surface area (Å²) in [5.41, 5.74) is 0.756. The molecule has 96 valence electrons. The molecule has 0 fully saturated rings. The van der Waals surface area contributed by atoms with Crippen LogP contribution in [0.1, 0.15) is 5.56 Å². The Morgan fingerprint density at radius 1 is 1.33 bits per heavy atom. The molecule has 0 amide bonds. The quantitative estimate of drug-likeness (QED) is 0.740. The second-order valence-corrected chi connectivity index (χ2v) is 4.90. The van der Waals surface area contributed by atoms with Crippen molar-refractivity contribution in [3.05, 3.63) is 33.4 Å². The third kappa shape index (κ3) is 2.70. The smallest absolute Gasteiger partial charge is 0.403 e. The van der Waals surface area contributed by atoms with Crippen LogP contribution in [0.15, 0.2) is 22.8 Å². The van der Waals surface area contributed by atoms with Crippen molar-refractivity contribution in [1.82, 2.24) is 4.98 Å². The molecule has 0 N–H and O–H groups in total. The molecule has 0 saturated carbocycles. The van der Waals surface area contributed by atoms with Crippen molar-refractivity contribution in [3.63, 3.8) is 0 Å². The molecular formula is C11H6BrClF3NO. The van der Waals surface area contributed by atoms with Crippen LogP contribution in [0, 0.1) is 6.92 Å². The van der Waals surface area contributed by atoms with Gasteiger partial charge in [-0.1, -0.05) is 27.5 Å². The molecule has 0 unspecified atom stereocenters. The van der Waals surface area contributed by atoms with E-state index in [-0.39, 0.29) is 11.3 Å². The molecule has 0 aliphatic carbocycles. The number of alkyl halides is 3. The Morgan fingerprint density at radius 3 is 2.61 bits per heavy atom. The van der Waals surface area contributed by atoms with E-state index in [2.05, 4.69) is 25.7 Å². The summed E-state index contributed by atoms with van der Waals surface area (Å²) >= 11 is 9.16. The van der Waals surface area contributed by atoms with Crippen LogP contribution in [-0.2, 0) is 0 Å². The van der Waals surface area contributed by atoms with Gasteiger partial charge in [-0.2, -0.15) is 0 Å². The first-order valence-corrected chi connectivity index (χ1v) is 5.95. The first kappa shape index (κ1) is 13.4. The number of nitrogens with zero attached hydrogens (tertiary/aromatic N) is 1. The van der Waals surface area contributed by atoms with E-state index in [0.29, 0.717) is 20.4 Å². The Bertz CT molecular complexity index is 615. The van der Waals surface area contributed by atoms with E-state index in [4.69, 9.17) is 11.6 Å². The van der Waals surface area contributed by atoms with Gasteiger partial charge in [0.05, 0.1) is 5.02 Å². The molecule has 1 aromatic carbocycles. The van der Waals surface area contributed by atoms with Crippen LogP contribution in [0.3, 0.4) is 0 Å². The second kappa shape index (κ2) is 4.59. The van der Waals surface area contributed by atoms with E-state index in [0.717, 1.165) is 0 Å². The van der Waals surface area contributed by atoms with E-state index in [1.54, 1.807) is 13.0 Å². The molecule has 0 radical (unpaired) electrons. The molecule has 0 bridgehead atoms. The fourth-order valence-corrected chi connectivity index (χ4v) is 2.14. The van der Waals surface area contributed by atoms with Crippen LogP contribution in [0.5, 0.6) is 5.75 Å². The fraction of sp³-hybridized carbons (Fsp3) is 0.182. The van der Waals surface area contributed by atoms with Gasteiger partial charge >= 0.3 is 6.36 Å². The summed E-state index contributed by atoms with van der Waals surface area (Å²) in [5.74, 6) is -0.381. The topological polar surface area (TPSA) is 22.1 Å². The molecule has 0 aliphatic heterocycles. The third-order valence-electron chi connectivity index (χ3n) is 2.24. The highest BCUT2D eigenvalue weighted by atomic mass is 79.9. The summed E-state index contributed by atoms with van der Waals surface area (Å²) in [6.07, 6.45) is -3.37. The predicted octanol–water partition coefficient (Wildman–Crippen LogP) is 4.86. The fourth-order valence-electron chi connectivity index (χ4n) is 1.51. The lowest BCUT2D eigenvalue weighted by molar-refractivity contribution is -0.274. The molecule has 1 heterocycles. The molecular weight excluding hydrogens is 334 g/mol. The van der Waals surface area contributed by atoms with Gasteiger partial charge in [0.25, 0.3) is 0 Å². The molecule has 2 nitrogen and oxygen atoms in total. The first-order valence-electron chi connectivity index (χ1n) is 4.78. The number of fused-ring (bicyclic) bond motifs is 1. The number of aromatic nitrogens is 1. The standard InChI is InChI=1S/C11H6BrClF3NO/c1-5-4-17-10-7(9(5)13)2-6(12)3-8(10)18-11(14,15)16/h2-4H,1H3. The monoisotopic (exact) mass is 339 g/mol. The zero-order valence-electron chi connectivity index (χ0n) is 8.98. The minimum absolute atomic E-state index is 0.0751. The van der Waals surface area contributed by atoms with Crippen LogP contribution >= 0.6 is 27.5 Å². The Kier molecular flexibility index (Phi) is 3.42. The van der Waals surface area contributed by atoms with Crippen LogP contribution in [0.25, 0.3) is 10.9 Å². The molecule has 7 heteroatoms. The lowest BCUT2D eigenvalue weighted by Gasteiger charge is -2.12. The maximum atomic E-state index is 12.3. The van der Waals surface area contributed by atoms with Crippen LogP contribution in [0.2, 0.25) is 5.02 Å². The minimum Gasteiger partial charge on any atom is -0.403 e. The molecule has 18 heavy (non-hydrogen) atoms. The summed E-state index contributed by atoms with van der Waals surface area (Å²) in [6, 6.07) is 2.80. The van der Waals surface area contributed by atoms with Crippen molar-refractivity contribution in [2.75, 3.05) is 0 Å². The average Bonchev–Trinajstić information content (AvgIpc) is 2.21. The number of rotatable bonds is 1. The molecule has 1 aromatic heterocycles. The van der Waals surface area contributed by atoms with Crippen molar-refractivity contribution in [2.45, 2.75) is 13.3 Å². The second-order valence-electron chi connectivity index (χ2n) is 3.60. The third-order valence-corrected chi connectivity index (χ3v) is 3.19. The van der Waals surface area contributed by atoms with Gasteiger partial charge in [-0.25, -0.2) is 0 Å². The minimum atomic E-state index is -4.77. The summed E-state index contributed by atoms with van der Waals surface area (Å²) in [5, 5.41) is 0.763. The number of ether oxygens (including phenoxy) is 1. The van der Waals surface area contributed by atoms with E-state index < -0.39 is 6.36 Å². The summed E-state index contributed by atoms with van der Waals surface area (Å²) < 4.78 is 41.2. The number of hydrogen-bond acceptors (Lipinski definition) is 2. The molecule has 2 rings (SSSR count). The van der Waals surface area contributed by atoms with E-state index >= 15 is 0 Å². The van der Waals surface area contributed by atoms with E-state index in [9.17, 15) is 13.2 Å². The Labute approximate surface area is 114 Å². The van der Waals surface area contributed by atoms with Crippen molar-refractivity contribution in [2.24, 2.45) is 0 Å². The lowest BCUT2D eigenvalue weighted by atomic mass is 10.1. The largest absolute Gasteiger partial charge is 0.573 e. The summed E-state index contributed by atoms with van der Waals surface area (Å²) in [4.78, 5) is 3.94. The Morgan fingerprint density at radius 2 is 2.00 bits per heavy atom. The number of hydrogen-bond donors (Lipinski definition) is 0. The molecule has 0 saturated heterocycles. The van der Waals surface area contributed by atoms with Gasteiger partial charge in [-0.15, -0.1) is 13.2 Å². The maximum absolute atomic E-state index is 12.3.